The Morgan fingerprint density at radius 3 is 2.58 bits per heavy atom. The van der Waals surface area contributed by atoms with Gasteiger partial charge >= 0.3 is 0 Å². The first-order valence-corrected chi connectivity index (χ1v) is 7.89. The fourth-order valence-corrected chi connectivity index (χ4v) is 2.46. The van der Waals surface area contributed by atoms with E-state index in [1.807, 2.05) is 0 Å². The number of amides is 3. The van der Waals surface area contributed by atoms with Gasteiger partial charge in [-0.3, -0.25) is 25.0 Å². The van der Waals surface area contributed by atoms with Gasteiger partial charge in [0, 0.05) is 11.3 Å². The molecule has 0 unspecified atom stereocenters. The van der Waals surface area contributed by atoms with Crippen molar-refractivity contribution >= 4 is 46.8 Å². The maximum absolute atomic E-state index is 11.9. The summed E-state index contributed by atoms with van der Waals surface area (Å²) < 4.78 is 5.68. The summed E-state index contributed by atoms with van der Waals surface area (Å²) in [5.74, 6) is -0.664. The van der Waals surface area contributed by atoms with Crippen molar-refractivity contribution in [1.29, 1.82) is 0 Å². The van der Waals surface area contributed by atoms with E-state index in [1.165, 1.54) is 12.2 Å². The largest absolute Gasteiger partial charge is 0.457 e. The minimum absolute atomic E-state index is 0.0318. The van der Waals surface area contributed by atoms with Crippen molar-refractivity contribution in [2.75, 3.05) is 5.32 Å². The van der Waals surface area contributed by atoms with Crippen LogP contribution in [0, 0.1) is 0 Å². The van der Waals surface area contributed by atoms with E-state index in [-0.39, 0.29) is 16.6 Å². The summed E-state index contributed by atoms with van der Waals surface area (Å²) in [6.07, 6.45) is 2.51. The summed E-state index contributed by atoms with van der Waals surface area (Å²) in [6, 6.07) is 10.4. The van der Waals surface area contributed by atoms with Crippen molar-refractivity contribution in [3.63, 3.8) is 0 Å². The lowest BCUT2D eigenvalue weighted by Crippen LogP contribution is -2.51. The zero-order chi connectivity index (χ0) is 18.7. The van der Waals surface area contributed by atoms with Crippen molar-refractivity contribution < 1.29 is 18.8 Å². The van der Waals surface area contributed by atoms with Crippen molar-refractivity contribution in [1.82, 2.24) is 10.6 Å². The van der Waals surface area contributed by atoms with Gasteiger partial charge in [0.25, 0.3) is 11.8 Å². The Balaban J connectivity index is 1.85. The van der Waals surface area contributed by atoms with Crippen LogP contribution in [0.15, 0.2) is 59.0 Å². The minimum Gasteiger partial charge on any atom is -0.457 e. The average Bonchev–Trinajstić information content (AvgIpc) is 3.07. The Bertz CT molecular complexity index is 952. The van der Waals surface area contributed by atoms with E-state index in [2.05, 4.69) is 22.5 Å². The Morgan fingerprint density at radius 2 is 1.88 bits per heavy atom. The molecule has 1 aromatic carbocycles. The molecule has 0 saturated carbocycles. The number of nitrogens with one attached hydrogen (secondary N) is 3. The highest BCUT2D eigenvalue weighted by molar-refractivity contribution is 7.80. The van der Waals surface area contributed by atoms with Gasteiger partial charge in [-0.25, -0.2) is 0 Å². The van der Waals surface area contributed by atoms with E-state index in [0.29, 0.717) is 17.2 Å². The van der Waals surface area contributed by atoms with E-state index in [9.17, 15) is 14.4 Å². The standard InChI is InChI=1S/C18H13N3O4S/c1-2-15(22)19-11-5-3-4-10(8-11)14-7-6-12(25-14)9-13-16(23)20-18(26)21-17(13)24/h2-9H,1H2,(H,19,22)(H2,20,21,23,24,26). The molecule has 1 aromatic heterocycles. The molecule has 0 bridgehead atoms. The molecule has 3 amide bonds. The molecule has 3 rings (SSSR count). The van der Waals surface area contributed by atoms with Crippen LogP contribution in [0.5, 0.6) is 0 Å². The molecule has 3 N–H and O–H groups in total. The molecule has 0 aliphatic carbocycles. The van der Waals surface area contributed by atoms with Crippen LogP contribution in [0.4, 0.5) is 5.69 Å². The minimum atomic E-state index is -0.592. The average molecular weight is 367 g/mol. The normalized spacial score (nSPS) is 13.7. The second-order valence-corrected chi connectivity index (χ2v) is 5.68. The second-order valence-electron chi connectivity index (χ2n) is 5.27. The molecule has 7 nitrogen and oxygen atoms in total. The number of thiocarbonyl (C=S) groups is 1. The van der Waals surface area contributed by atoms with Crippen LogP contribution in [0.1, 0.15) is 5.76 Å². The number of benzene rings is 1. The highest BCUT2D eigenvalue weighted by atomic mass is 32.1. The van der Waals surface area contributed by atoms with Gasteiger partial charge in [0.1, 0.15) is 17.1 Å². The highest BCUT2D eigenvalue weighted by Gasteiger charge is 2.26. The van der Waals surface area contributed by atoms with Gasteiger partial charge in [-0.2, -0.15) is 0 Å². The number of hydrogen-bond donors (Lipinski definition) is 3. The number of rotatable bonds is 4. The topological polar surface area (TPSA) is 100 Å². The molecule has 2 aromatic rings. The van der Waals surface area contributed by atoms with Crippen LogP contribution in [-0.4, -0.2) is 22.8 Å². The van der Waals surface area contributed by atoms with Crippen LogP contribution >= 0.6 is 12.2 Å². The summed E-state index contributed by atoms with van der Waals surface area (Å²) >= 11 is 4.75. The lowest BCUT2D eigenvalue weighted by Gasteiger charge is -2.15. The molecule has 1 aliphatic heterocycles. The molecule has 1 fully saturated rings. The molecule has 0 spiro atoms. The van der Waals surface area contributed by atoms with Gasteiger partial charge in [-0.05, 0) is 48.6 Å². The zero-order valence-electron chi connectivity index (χ0n) is 13.4. The highest BCUT2D eigenvalue weighted by Crippen LogP contribution is 2.26. The van der Waals surface area contributed by atoms with Crippen LogP contribution in [0.25, 0.3) is 17.4 Å². The molecular formula is C18H13N3O4S. The first-order valence-electron chi connectivity index (χ1n) is 7.48. The number of carbonyl (C=O) groups is 3. The van der Waals surface area contributed by atoms with Crippen molar-refractivity contribution in [3.05, 3.63) is 60.4 Å². The number of anilines is 1. The van der Waals surface area contributed by atoms with Crippen molar-refractivity contribution in [3.8, 4) is 11.3 Å². The van der Waals surface area contributed by atoms with Gasteiger partial charge in [-0.1, -0.05) is 18.7 Å². The predicted molar refractivity (Wildman–Crippen MR) is 99.8 cm³/mol. The van der Waals surface area contributed by atoms with Crippen LogP contribution in [-0.2, 0) is 14.4 Å². The summed E-state index contributed by atoms with van der Waals surface area (Å²) in [5, 5.41) is 7.33. The molecule has 2 heterocycles. The Kier molecular flexibility index (Phi) is 4.76. The monoisotopic (exact) mass is 367 g/mol. The number of carbonyl (C=O) groups excluding carboxylic acids is 3. The van der Waals surface area contributed by atoms with Gasteiger partial charge < -0.3 is 9.73 Å². The molecule has 130 valence electrons. The molecule has 26 heavy (non-hydrogen) atoms. The molecule has 1 saturated heterocycles. The van der Waals surface area contributed by atoms with Crippen molar-refractivity contribution in [2.24, 2.45) is 0 Å². The fraction of sp³-hybridized carbons (Fsp3) is 0. The van der Waals surface area contributed by atoms with Gasteiger partial charge in [0.2, 0.25) is 5.91 Å². The second kappa shape index (κ2) is 7.16. The smallest absolute Gasteiger partial charge is 0.263 e. The summed E-state index contributed by atoms with van der Waals surface area (Å²) in [4.78, 5) is 35.1. The quantitative estimate of drug-likeness (QED) is 0.436. The third-order valence-corrected chi connectivity index (χ3v) is 3.66. The summed E-state index contributed by atoms with van der Waals surface area (Å²) in [6.45, 7) is 3.40. The fourth-order valence-electron chi connectivity index (χ4n) is 2.28. The Hall–Kier alpha value is -3.52. The molecule has 0 radical (unpaired) electrons. The molecule has 8 heteroatoms. The van der Waals surface area contributed by atoms with E-state index < -0.39 is 11.8 Å². The third-order valence-electron chi connectivity index (χ3n) is 3.46. The first-order chi connectivity index (χ1) is 12.5. The maximum atomic E-state index is 11.9. The summed E-state index contributed by atoms with van der Waals surface area (Å²) in [7, 11) is 0. The van der Waals surface area contributed by atoms with E-state index in [1.54, 1.807) is 36.4 Å². The first kappa shape index (κ1) is 17.3. The molecular weight excluding hydrogens is 354 g/mol. The lowest BCUT2D eigenvalue weighted by molar-refractivity contribution is -0.123. The maximum Gasteiger partial charge on any atom is 0.263 e. The Morgan fingerprint density at radius 1 is 1.15 bits per heavy atom. The SMILES string of the molecule is C=CC(=O)Nc1cccc(-c2ccc(C=C3C(=O)NC(=S)NC3=O)o2)c1. The number of hydrogen-bond acceptors (Lipinski definition) is 5. The van der Waals surface area contributed by atoms with Gasteiger partial charge in [0.05, 0.1) is 0 Å². The van der Waals surface area contributed by atoms with E-state index >= 15 is 0 Å². The number of furan rings is 1. The van der Waals surface area contributed by atoms with Crippen LogP contribution in [0.3, 0.4) is 0 Å². The molecule has 0 atom stereocenters. The van der Waals surface area contributed by atoms with Crippen molar-refractivity contribution in [2.45, 2.75) is 0 Å². The predicted octanol–water partition coefficient (Wildman–Crippen LogP) is 1.99. The Labute approximate surface area is 153 Å². The summed E-state index contributed by atoms with van der Waals surface area (Å²) in [5.41, 5.74) is 1.20. The van der Waals surface area contributed by atoms with E-state index in [4.69, 9.17) is 16.6 Å². The zero-order valence-corrected chi connectivity index (χ0v) is 14.2. The van der Waals surface area contributed by atoms with Crippen LogP contribution < -0.4 is 16.0 Å². The molecule has 1 aliphatic rings. The van der Waals surface area contributed by atoms with Gasteiger partial charge in [-0.15, -0.1) is 0 Å². The van der Waals surface area contributed by atoms with E-state index in [0.717, 1.165) is 5.56 Å². The van der Waals surface area contributed by atoms with Gasteiger partial charge in [0.15, 0.2) is 5.11 Å². The lowest BCUT2D eigenvalue weighted by atomic mass is 10.1. The third kappa shape index (κ3) is 3.76. The van der Waals surface area contributed by atoms with Crippen LogP contribution in [0.2, 0.25) is 0 Å².